The molecule has 0 atom stereocenters. The number of amides is 1. The van der Waals surface area contributed by atoms with Crippen molar-refractivity contribution in [3.05, 3.63) is 74.4 Å². The number of carbonyl (C=O) groups is 2. The summed E-state index contributed by atoms with van der Waals surface area (Å²) < 4.78 is 10.3. The van der Waals surface area contributed by atoms with Crippen LogP contribution in [0.4, 0.5) is 5.69 Å². The Morgan fingerprint density at radius 3 is 2.59 bits per heavy atom. The maximum absolute atomic E-state index is 12.8. The number of thiophene rings is 2. The molecule has 0 saturated heterocycles. The van der Waals surface area contributed by atoms with E-state index >= 15 is 0 Å². The van der Waals surface area contributed by atoms with Crippen LogP contribution in [0.25, 0.3) is 10.2 Å². The minimum atomic E-state index is -0.502. The van der Waals surface area contributed by atoms with Gasteiger partial charge in [-0.15, -0.1) is 22.7 Å². The molecule has 0 saturated carbocycles. The summed E-state index contributed by atoms with van der Waals surface area (Å²) in [5.74, 6) is 0.0639. The van der Waals surface area contributed by atoms with Gasteiger partial charge in [-0.05, 0) is 55.9 Å². The predicted molar refractivity (Wildman–Crippen MR) is 136 cm³/mol. The number of nitrogens with zero attached hydrogens (tertiary/aromatic N) is 2. The average molecular weight is 496 g/mol. The first-order chi connectivity index (χ1) is 16.4. The molecule has 0 unspecified atom stereocenters. The number of benzene rings is 1. The average Bonchev–Trinajstić information content (AvgIpc) is 3.42. The number of rotatable bonds is 8. The highest BCUT2D eigenvalue weighted by molar-refractivity contribution is 7.21. The summed E-state index contributed by atoms with van der Waals surface area (Å²) in [5.41, 5.74) is 2.44. The summed E-state index contributed by atoms with van der Waals surface area (Å²) in [6.45, 7) is 3.29. The molecule has 0 aliphatic heterocycles. The van der Waals surface area contributed by atoms with Crippen LogP contribution in [0.2, 0.25) is 0 Å². The van der Waals surface area contributed by atoms with Gasteiger partial charge >= 0.3 is 5.97 Å². The molecule has 1 N–H and O–H groups in total. The highest BCUT2D eigenvalue weighted by Gasteiger charge is 2.23. The molecular formula is C25H25N3O4S2. The van der Waals surface area contributed by atoms with Crippen LogP contribution in [-0.4, -0.2) is 43.0 Å². The number of ether oxygens (including phenoxy) is 2. The summed E-state index contributed by atoms with van der Waals surface area (Å²) >= 11 is 2.62. The molecule has 1 amide bonds. The van der Waals surface area contributed by atoms with Gasteiger partial charge in [-0.25, -0.2) is 9.78 Å². The molecule has 0 aliphatic carbocycles. The molecule has 4 rings (SSSR count). The molecule has 1 aromatic carbocycles. The van der Waals surface area contributed by atoms with E-state index in [1.54, 1.807) is 13.2 Å². The second kappa shape index (κ2) is 10.3. The van der Waals surface area contributed by atoms with Crippen LogP contribution in [0.1, 0.15) is 35.5 Å². The van der Waals surface area contributed by atoms with Crippen LogP contribution >= 0.6 is 22.7 Å². The second-order valence-corrected chi connectivity index (χ2v) is 10.1. The number of hydrogen-bond acceptors (Lipinski definition) is 8. The molecule has 3 aromatic heterocycles. The second-order valence-electron chi connectivity index (χ2n) is 7.84. The van der Waals surface area contributed by atoms with Crippen molar-refractivity contribution in [2.45, 2.75) is 20.0 Å². The van der Waals surface area contributed by atoms with Gasteiger partial charge in [0.25, 0.3) is 5.91 Å². The van der Waals surface area contributed by atoms with Crippen molar-refractivity contribution in [2.75, 3.05) is 26.6 Å². The van der Waals surface area contributed by atoms with Gasteiger partial charge in [-0.1, -0.05) is 12.1 Å². The minimum Gasteiger partial charge on any atom is -0.497 e. The Hall–Kier alpha value is -3.27. The Labute approximate surface area is 206 Å². The Balaban J connectivity index is 1.58. The SMILES string of the molecule is COC(=O)c1sc2nc(CN(C)Cc3cccc(OC)c3)ccc2c1NC(=O)c1ccc(C)s1. The van der Waals surface area contributed by atoms with E-state index in [-0.39, 0.29) is 5.91 Å². The Kier molecular flexibility index (Phi) is 7.26. The van der Waals surface area contributed by atoms with Crippen LogP contribution < -0.4 is 10.1 Å². The Morgan fingerprint density at radius 2 is 1.88 bits per heavy atom. The van der Waals surface area contributed by atoms with Crippen molar-refractivity contribution in [2.24, 2.45) is 0 Å². The fourth-order valence-corrected chi connectivity index (χ4v) is 5.44. The van der Waals surface area contributed by atoms with E-state index in [4.69, 9.17) is 14.5 Å². The number of methoxy groups -OCH3 is 2. The molecule has 0 spiro atoms. The third-order valence-corrected chi connectivity index (χ3v) is 7.28. The number of anilines is 1. The van der Waals surface area contributed by atoms with E-state index < -0.39 is 5.97 Å². The molecule has 0 fully saturated rings. The van der Waals surface area contributed by atoms with Crippen LogP contribution in [0, 0.1) is 6.92 Å². The van der Waals surface area contributed by atoms with Gasteiger partial charge in [0.15, 0.2) is 0 Å². The summed E-state index contributed by atoms with van der Waals surface area (Å²) in [4.78, 5) is 34.8. The van der Waals surface area contributed by atoms with Crippen molar-refractivity contribution in [3.63, 3.8) is 0 Å². The number of fused-ring (bicyclic) bond motifs is 1. The van der Waals surface area contributed by atoms with Crippen LogP contribution in [0.3, 0.4) is 0 Å². The summed E-state index contributed by atoms with van der Waals surface area (Å²) in [7, 11) is 5.01. The Morgan fingerprint density at radius 1 is 1.06 bits per heavy atom. The van der Waals surface area contributed by atoms with Crippen LogP contribution in [-0.2, 0) is 17.8 Å². The fraction of sp³-hybridized carbons (Fsp3) is 0.240. The number of nitrogens with one attached hydrogen (secondary N) is 1. The van der Waals surface area contributed by atoms with E-state index in [9.17, 15) is 9.59 Å². The quantitative estimate of drug-likeness (QED) is 0.332. The zero-order valence-corrected chi connectivity index (χ0v) is 21.0. The normalized spacial score (nSPS) is 11.1. The lowest BCUT2D eigenvalue weighted by Crippen LogP contribution is -2.18. The van der Waals surface area contributed by atoms with E-state index in [2.05, 4.69) is 16.3 Å². The number of aromatic nitrogens is 1. The van der Waals surface area contributed by atoms with E-state index in [0.717, 1.165) is 28.4 Å². The first kappa shape index (κ1) is 23.9. The molecule has 4 aromatic rings. The summed E-state index contributed by atoms with van der Waals surface area (Å²) in [6, 6.07) is 15.4. The standard InChI is InChI=1S/C25H25N3O4S2/c1-15-8-11-20(33-15)23(29)27-21-19-10-9-17(26-24(19)34-22(21)25(30)32-4)14-28(2)13-16-6-5-7-18(12-16)31-3/h5-12H,13-14H2,1-4H3,(H,27,29). The zero-order valence-electron chi connectivity index (χ0n) is 19.4. The molecular weight excluding hydrogens is 470 g/mol. The van der Waals surface area contributed by atoms with Gasteiger partial charge in [0.2, 0.25) is 0 Å². The van der Waals surface area contributed by atoms with Gasteiger partial charge in [0.05, 0.1) is 30.5 Å². The molecule has 0 bridgehead atoms. The lowest BCUT2D eigenvalue weighted by Gasteiger charge is -2.16. The maximum Gasteiger partial charge on any atom is 0.350 e. The monoisotopic (exact) mass is 495 g/mol. The van der Waals surface area contributed by atoms with Crippen molar-refractivity contribution < 1.29 is 19.1 Å². The van der Waals surface area contributed by atoms with Gasteiger partial charge < -0.3 is 14.8 Å². The molecule has 3 heterocycles. The van der Waals surface area contributed by atoms with E-state index in [1.165, 1.54) is 29.8 Å². The molecule has 0 aliphatic rings. The topological polar surface area (TPSA) is 80.8 Å². The third-order valence-electron chi connectivity index (χ3n) is 5.21. The lowest BCUT2D eigenvalue weighted by molar-refractivity contribution is 0.0607. The van der Waals surface area contributed by atoms with Crippen molar-refractivity contribution >= 4 is 50.5 Å². The molecule has 7 nitrogen and oxygen atoms in total. The first-order valence-electron chi connectivity index (χ1n) is 10.6. The molecule has 176 valence electrons. The van der Waals surface area contributed by atoms with Crippen molar-refractivity contribution in [3.8, 4) is 5.75 Å². The number of aryl methyl sites for hydroxylation is 1. The van der Waals surface area contributed by atoms with E-state index in [0.29, 0.717) is 32.2 Å². The van der Waals surface area contributed by atoms with Crippen molar-refractivity contribution in [1.29, 1.82) is 0 Å². The highest BCUT2D eigenvalue weighted by Crippen LogP contribution is 2.36. The van der Waals surface area contributed by atoms with Gasteiger partial charge in [0, 0.05) is 23.4 Å². The number of carbonyl (C=O) groups excluding carboxylic acids is 2. The predicted octanol–water partition coefficient (Wildman–Crippen LogP) is 5.35. The molecule has 34 heavy (non-hydrogen) atoms. The highest BCUT2D eigenvalue weighted by atomic mass is 32.1. The van der Waals surface area contributed by atoms with Gasteiger partial charge in [0.1, 0.15) is 15.5 Å². The third kappa shape index (κ3) is 5.27. The number of pyridine rings is 1. The summed E-state index contributed by atoms with van der Waals surface area (Å²) in [6.07, 6.45) is 0. The molecule has 0 radical (unpaired) electrons. The smallest absolute Gasteiger partial charge is 0.350 e. The lowest BCUT2D eigenvalue weighted by atomic mass is 10.2. The van der Waals surface area contributed by atoms with E-state index in [1.807, 2.05) is 50.4 Å². The minimum absolute atomic E-state index is 0.259. The van der Waals surface area contributed by atoms with Crippen LogP contribution in [0.5, 0.6) is 5.75 Å². The Bertz CT molecular complexity index is 1350. The summed E-state index contributed by atoms with van der Waals surface area (Å²) in [5, 5.41) is 3.61. The maximum atomic E-state index is 12.8. The fourth-order valence-electron chi connectivity index (χ4n) is 3.61. The van der Waals surface area contributed by atoms with Crippen LogP contribution in [0.15, 0.2) is 48.5 Å². The van der Waals surface area contributed by atoms with Gasteiger partial charge in [-0.3, -0.25) is 9.69 Å². The van der Waals surface area contributed by atoms with Gasteiger partial charge in [-0.2, -0.15) is 0 Å². The largest absolute Gasteiger partial charge is 0.497 e. The number of hydrogen-bond donors (Lipinski definition) is 1. The molecule has 9 heteroatoms. The number of esters is 1. The van der Waals surface area contributed by atoms with Crippen molar-refractivity contribution in [1.82, 2.24) is 9.88 Å². The first-order valence-corrected chi connectivity index (χ1v) is 12.2. The zero-order chi connectivity index (χ0) is 24.2.